The maximum atomic E-state index is 12.3. The smallest absolute Gasteiger partial charge is 0.271 e. The Balaban J connectivity index is 2.15. The fourth-order valence-electron chi connectivity index (χ4n) is 2.32. The fourth-order valence-corrected chi connectivity index (χ4v) is 4.25. The summed E-state index contributed by atoms with van der Waals surface area (Å²) in [6.45, 7) is 3.16. The van der Waals surface area contributed by atoms with E-state index in [9.17, 15) is 12.6 Å². The van der Waals surface area contributed by atoms with Gasteiger partial charge in [-0.05, 0) is 37.0 Å². The Hall–Kier alpha value is -0.920. The van der Waals surface area contributed by atoms with E-state index in [1.807, 2.05) is 0 Å². The molecule has 0 radical (unpaired) electrons. The Labute approximate surface area is 123 Å². The summed E-state index contributed by atoms with van der Waals surface area (Å²) in [4.78, 5) is 0.609. The van der Waals surface area contributed by atoms with Gasteiger partial charge < -0.3 is 0 Å². The first-order chi connectivity index (χ1) is 9.38. The van der Waals surface area contributed by atoms with Gasteiger partial charge in [-0.15, -0.1) is 0 Å². The van der Waals surface area contributed by atoms with Crippen LogP contribution in [0.25, 0.3) is 0 Å². The lowest BCUT2D eigenvalue weighted by Crippen LogP contribution is -2.42. The van der Waals surface area contributed by atoms with Crippen molar-refractivity contribution in [1.29, 1.82) is 0 Å². The summed E-state index contributed by atoms with van der Waals surface area (Å²) in [6.07, 6.45) is 3.53. The maximum absolute atomic E-state index is 12.3. The monoisotopic (exact) mass is 316 g/mol. The van der Waals surface area contributed by atoms with Crippen molar-refractivity contribution < 1.29 is 12.6 Å². The predicted octanol–water partition coefficient (Wildman–Crippen LogP) is 1.81. The molecule has 20 heavy (non-hydrogen) atoms. The standard InChI is InChI=1S/C13H20N2O3S2/c1-11-5-4-8-15(10-11)20(17,18)14-12-6-3-7-13(9-12)19(2)16/h3,6-7,9,11,14H,4-5,8,10H2,1-2H3/t11-,19+/m1/s1. The zero-order valence-corrected chi connectivity index (χ0v) is 13.3. The molecule has 1 N–H and O–H groups in total. The largest absolute Gasteiger partial charge is 0.301 e. The van der Waals surface area contributed by atoms with Crippen molar-refractivity contribution in [2.45, 2.75) is 24.7 Å². The van der Waals surface area contributed by atoms with Crippen molar-refractivity contribution in [3.8, 4) is 0 Å². The topological polar surface area (TPSA) is 66.5 Å². The van der Waals surface area contributed by atoms with E-state index in [0.29, 0.717) is 29.6 Å². The van der Waals surface area contributed by atoms with E-state index in [1.54, 1.807) is 30.5 Å². The van der Waals surface area contributed by atoms with Gasteiger partial charge in [0.15, 0.2) is 0 Å². The molecular formula is C13H20N2O3S2. The molecule has 0 aliphatic carbocycles. The summed E-state index contributed by atoms with van der Waals surface area (Å²) in [5.41, 5.74) is 0.455. The highest BCUT2D eigenvalue weighted by Gasteiger charge is 2.26. The third-order valence-electron chi connectivity index (χ3n) is 3.37. The number of hydrogen-bond acceptors (Lipinski definition) is 3. The quantitative estimate of drug-likeness (QED) is 0.921. The van der Waals surface area contributed by atoms with Crippen LogP contribution in [0.3, 0.4) is 0 Å². The van der Waals surface area contributed by atoms with Gasteiger partial charge in [0.2, 0.25) is 0 Å². The third-order valence-corrected chi connectivity index (χ3v) is 5.80. The van der Waals surface area contributed by atoms with E-state index in [4.69, 9.17) is 0 Å². The molecule has 0 bridgehead atoms. The molecule has 2 rings (SSSR count). The highest BCUT2D eigenvalue weighted by molar-refractivity contribution is 7.90. The van der Waals surface area contributed by atoms with Crippen LogP contribution in [0.4, 0.5) is 5.69 Å². The van der Waals surface area contributed by atoms with E-state index in [1.165, 1.54) is 4.31 Å². The Morgan fingerprint density at radius 1 is 1.40 bits per heavy atom. The lowest BCUT2D eigenvalue weighted by molar-refractivity contribution is 0.282. The van der Waals surface area contributed by atoms with Gasteiger partial charge in [0.1, 0.15) is 0 Å². The van der Waals surface area contributed by atoms with Crippen LogP contribution in [-0.4, -0.2) is 36.3 Å². The minimum Gasteiger partial charge on any atom is -0.271 e. The molecule has 1 aromatic carbocycles. The molecule has 0 spiro atoms. The lowest BCUT2D eigenvalue weighted by Gasteiger charge is -2.30. The van der Waals surface area contributed by atoms with Crippen LogP contribution in [0.5, 0.6) is 0 Å². The molecule has 1 aliphatic rings. The van der Waals surface area contributed by atoms with Crippen LogP contribution in [0.2, 0.25) is 0 Å². The van der Waals surface area contributed by atoms with Gasteiger partial charge in [0.25, 0.3) is 0 Å². The number of anilines is 1. The Kier molecular flexibility index (Phi) is 4.82. The molecule has 7 heteroatoms. The summed E-state index contributed by atoms with van der Waals surface area (Å²) in [6, 6.07) is 6.70. The second-order valence-electron chi connectivity index (χ2n) is 5.19. The number of piperidine rings is 1. The summed E-state index contributed by atoms with van der Waals surface area (Å²) in [7, 11) is -4.65. The van der Waals surface area contributed by atoms with E-state index in [2.05, 4.69) is 11.6 Å². The lowest BCUT2D eigenvalue weighted by atomic mass is 10.0. The van der Waals surface area contributed by atoms with Gasteiger partial charge in [-0.2, -0.15) is 12.7 Å². The van der Waals surface area contributed by atoms with Crippen molar-refractivity contribution in [3.63, 3.8) is 0 Å². The zero-order valence-electron chi connectivity index (χ0n) is 11.7. The molecular weight excluding hydrogens is 296 g/mol. The minimum absolute atomic E-state index is 0.384. The zero-order chi connectivity index (χ0) is 14.8. The maximum Gasteiger partial charge on any atom is 0.301 e. The molecule has 1 saturated heterocycles. The normalized spacial score (nSPS) is 22.4. The number of hydrogen-bond donors (Lipinski definition) is 1. The van der Waals surface area contributed by atoms with Crippen LogP contribution in [0, 0.1) is 5.92 Å². The second kappa shape index (κ2) is 6.24. The van der Waals surface area contributed by atoms with Crippen molar-refractivity contribution >= 4 is 26.7 Å². The fraction of sp³-hybridized carbons (Fsp3) is 0.538. The molecule has 1 heterocycles. The molecule has 5 nitrogen and oxygen atoms in total. The second-order valence-corrected chi connectivity index (χ2v) is 8.24. The van der Waals surface area contributed by atoms with Gasteiger partial charge >= 0.3 is 10.2 Å². The summed E-state index contributed by atoms with van der Waals surface area (Å²) >= 11 is 0. The van der Waals surface area contributed by atoms with E-state index < -0.39 is 21.0 Å². The molecule has 0 aromatic heterocycles. The van der Waals surface area contributed by atoms with Crippen molar-refractivity contribution in [2.75, 3.05) is 24.1 Å². The van der Waals surface area contributed by atoms with E-state index in [0.717, 1.165) is 12.8 Å². The van der Waals surface area contributed by atoms with Gasteiger partial charge in [-0.1, -0.05) is 13.0 Å². The van der Waals surface area contributed by atoms with E-state index in [-0.39, 0.29) is 0 Å². The van der Waals surface area contributed by atoms with Crippen LogP contribution >= 0.6 is 0 Å². The molecule has 112 valence electrons. The molecule has 2 atom stereocenters. The summed E-state index contributed by atoms with van der Waals surface area (Å²) in [5.74, 6) is 0.384. The average Bonchev–Trinajstić information content (AvgIpc) is 2.38. The van der Waals surface area contributed by atoms with Crippen molar-refractivity contribution in [3.05, 3.63) is 24.3 Å². The van der Waals surface area contributed by atoms with Crippen molar-refractivity contribution in [1.82, 2.24) is 4.31 Å². The van der Waals surface area contributed by atoms with Gasteiger partial charge in [-0.3, -0.25) is 8.93 Å². The molecule has 1 aliphatic heterocycles. The molecule has 0 saturated carbocycles. The minimum atomic E-state index is -3.53. The van der Waals surface area contributed by atoms with Crippen molar-refractivity contribution in [2.24, 2.45) is 5.92 Å². The predicted molar refractivity (Wildman–Crippen MR) is 81.3 cm³/mol. The van der Waals surface area contributed by atoms with E-state index >= 15 is 0 Å². The molecule has 0 unspecified atom stereocenters. The number of nitrogens with one attached hydrogen (secondary N) is 1. The van der Waals surface area contributed by atoms with Crippen LogP contribution in [0.1, 0.15) is 19.8 Å². The number of nitrogens with zero attached hydrogens (tertiary/aromatic N) is 1. The van der Waals surface area contributed by atoms with Gasteiger partial charge in [-0.25, -0.2) is 0 Å². The van der Waals surface area contributed by atoms with Gasteiger partial charge in [0.05, 0.1) is 5.69 Å². The Morgan fingerprint density at radius 2 is 2.15 bits per heavy atom. The SMILES string of the molecule is C[C@@H]1CCCN(S(=O)(=O)Nc2cccc([S@](C)=O)c2)C1. The average molecular weight is 316 g/mol. The Bertz CT molecular complexity index is 601. The highest BCUT2D eigenvalue weighted by Crippen LogP contribution is 2.21. The molecule has 1 aromatic rings. The third kappa shape index (κ3) is 3.80. The first-order valence-corrected chi connectivity index (χ1v) is 9.59. The van der Waals surface area contributed by atoms with Crippen LogP contribution < -0.4 is 4.72 Å². The number of rotatable bonds is 4. The highest BCUT2D eigenvalue weighted by atomic mass is 32.2. The first kappa shape index (κ1) is 15.5. The summed E-state index contributed by atoms with van der Waals surface area (Å²) < 4.78 is 40.1. The summed E-state index contributed by atoms with van der Waals surface area (Å²) in [5, 5.41) is 0. The van der Waals surface area contributed by atoms with Gasteiger partial charge in [0, 0.05) is 35.0 Å². The van der Waals surface area contributed by atoms with Crippen LogP contribution in [-0.2, 0) is 21.0 Å². The molecule has 0 amide bonds. The molecule has 1 fully saturated rings. The number of benzene rings is 1. The first-order valence-electron chi connectivity index (χ1n) is 6.60. The Morgan fingerprint density at radius 3 is 2.80 bits per heavy atom. The van der Waals surface area contributed by atoms with Crippen LogP contribution in [0.15, 0.2) is 29.2 Å².